The topological polar surface area (TPSA) is 83.5 Å². The number of hydrogen-bond acceptors (Lipinski definition) is 4. The van der Waals surface area contributed by atoms with Gasteiger partial charge in [0.25, 0.3) is 0 Å². The summed E-state index contributed by atoms with van der Waals surface area (Å²) in [5.41, 5.74) is 0. The molecule has 1 amide bonds. The van der Waals surface area contributed by atoms with E-state index in [1.54, 1.807) is 0 Å². The third-order valence-corrected chi connectivity index (χ3v) is 4.91. The fourth-order valence-corrected chi connectivity index (χ4v) is 3.84. The Bertz CT molecular complexity index is 352. The highest BCUT2D eigenvalue weighted by Gasteiger charge is 2.29. The van der Waals surface area contributed by atoms with E-state index in [0.717, 1.165) is 0 Å². The highest BCUT2D eigenvalue weighted by atomic mass is 32.2. The van der Waals surface area contributed by atoms with Crippen molar-refractivity contribution in [2.24, 2.45) is 11.8 Å². The summed E-state index contributed by atoms with van der Waals surface area (Å²) < 4.78 is 22.4. The molecule has 1 fully saturated rings. The van der Waals surface area contributed by atoms with Crippen LogP contribution >= 0.6 is 0 Å². The summed E-state index contributed by atoms with van der Waals surface area (Å²) in [5, 5.41) is 11.5. The summed E-state index contributed by atoms with van der Waals surface area (Å²) in [7, 11) is -2.89. The highest BCUT2D eigenvalue weighted by molar-refractivity contribution is 7.91. The average Bonchev–Trinajstić information content (AvgIpc) is 2.55. The number of carbonyl (C=O) groups excluding carboxylic acids is 1. The van der Waals surface area contributed by atoms with Crippen LogP contribution in [0.2, 0.25) is 0 Å². The molecule has 1 rings (SSSR count). The first-order valence-electron chi connectivity index (χ1n) is 6.01. The molecular formula is C11H21NO4S. The number of aliphatic hydroxyl groups excluding tert-OH is 1. The van der Waals surface area contributed by atoms with Crippen LogP contribution in [0.4, 0.5) is 0 Å². The van der Waals surface area contributed by atoms with Crippen LogP contribution in [0.25, 0.3) is 0 Å². The van der Waals surface area contributed by atoms with E-state index in [4.69, 9.17) is 5.11 Å². The van der Waals surface area contributed by atoms with Gasteiger partial charge in [-0.1, -0.05) is 6.92 Å². The molecule has 0 aliphatic carbocycles. The Kier molecular flexibility index (Phi) is 5.39. The van der Waals surface area contributed by atoms with Gasteiger partial charge in [-0.3, -0.25) is 4.79 Å². The van der Waals surface area contributed by atoms with Gasteiger partial charge in [0.2, 0.25) is 5.91 Å². The van der Waals surface area contributed by atoms with Crippen molar-refractivity contribution in [1.29, 1.82) is 0 Å². The van der Waals surface area contributed by atoms with Crippen molar-refractivity contribution in [3.63, 3.8) is 0 Å². The summed E-state index contributed by atoms with van der Waals surface area (Å²) in [5.74, 6) is 0.500. The zero-order valence-electron chi connectivity index (χ0n) is 10.2. The van der Waals surface area contributed by atoms with Gasteiger partial charge in [0.05, 0.1) is 11.5 Å². The van der Waals surface area contributed by atoms with Crippen molar-refractivity contribution in [2.75, 3.05) is 24.7 Å². The molecule has 1 aliphatic heterocycles. The molecule has 0 bridgehead atoms. The predicted molar refractivity (Wildman–Crippen MR) is 65.3 cm³/mol. The van der Waals surface area contributed by atoms with Crippen LogP contribution in [0.3, 0.4) is 0 Å². The van der Waals surface area contributed by atoms with Crippen molar-refractivity contribution < 1.29 is 18.3 Å². The van der Waals surface area contributed by atoms with Gasteiger partial charge in [0, 0.05) is 19.6 Å². The summed E-state index contributed by atoms with van der Waals surface area (Å²) in [6.45, 7) is 2.62. The molecule has 17 heavy (non-hydrogen) atoms. The molecular weight excluding hydrogens is 242 g/mol. The molecule has 100 valence electrons. The minimum absolute atomic E-state index is 0.0202. The van der Waals surface area contributed by atoms with E-state index in [9.17, 15) is 13.2 Å². The Labute approximate surface area is 103 Å². The zero-order chi connectivity index (χ0) is 12.9. The molecule has 5 nitrogen and oxygen atoms in total. The lowest BCUT2D eigenvalue weighted by Gasteiger charge is -2.12. The maximum Gasteiger partial charge on any atom is 0.220 e. The molecule has 6 heteroatoms. The number of amides is 1. The first-order chi connectivity index (χ1) is 7.93. The van der Waals surface area contributed by atoms with Gasteiger partial charge in [-0.2, -0.15) is 0 Å². The quantitative estimate of drug-likeness (QED) is 0.703. The van der Waals surface area contributed by atoms with E-state index in [0.29, 0.717) is 25.8 Å². The van der Waals surface area contributed by atoms with Crippen molar-refractivity contribution >= 4 is 15.7 Å². The molecule has 0 saturated carbocycles. The van der Waals surface area contributed by atoms with Crippen molar-refractivity contribution in [3.05, 3.63) is 0 Å². The van der Waals surface area contributed by atoms with Crippen molar-refractivity contribution in [3.8, 4) is 0 Å². The lowest BCUT2D eigenvalue weighted by molar-refractivity contribution is -0.122. The van der Waals surface area contributed by atoms with Crippen LogP contribution in [-0.4, -0.2) is 44.1 Å². The Hall–Kier alpha value is -0.620. The number of aliphatic hydroxyl groups is 1. The second-order valence-corrected chi connectivity index (χ2v) is 7.12. The summed E-state index contributed by atoms with van der Waals surface area (Å²) in [4.78, 5) is 11.6. The predicted octanol–water partition coefficient (Wildman–Crippen LogP) is -0.0541. The van der Waals surface area contributed by atoms with Gasteiger partial charge in [-0.15, -0.1) is 0 Å². The smallest absolute Gasteiger partial charge is 0.220 e. The summed E-state index contributed by atoms with van der Waals surface area (Å²) >= 11 is 0. The third-order valence-electron chi connectivity index (χ3n) is 3.07. The normalized spacial score (nSPS) is 24.5. The Balaban J connectivity index is 2.22. The van der Waals surface area contributed by atoms with Gasteiger partial charge < -0.3 is 10.4 Å². The average molecular weight is 263 g/mol. The van der Waals surface area contributed by atoms with E-state index in [1.165, 1.54) is 0 Å². The van der Waals surface area contributed by atoms with Gasteiger partial charge in [0.15, 0.2) is 9.84 Å². The molecule has 0 radical (unpaired) electrons. The Morgan fingerprint density at radius 1 is 1.53 bits per heavy atom. The number of nitrogens with one attached hydrogen (secondary N) is 1. The fraction of sp³-hybridized carbons (Fsp3) is 0.909. The van der Waals surface area contributed by atoms with Crippen LogP contribution in [0.15, 0.2) is 0 Å². The van der Waals surface area contributed by atoms with Crippen LogP contribution in [0, 0.1) is 11.8 Å². The molecule has 2 atom stereocenters. The van der Waals surface area contributed by atoms with Crippen molar-refractivity contribution in [1.82, 2.24) is 5.32 Å². The molecule has 0 aromatic heterocycles. The van der Waals surface area contributed by atoms with Crippen LogP contribution < -0.4 is 5.32 Å². The molecule has 1 saturated heterocycles. The number of sulfone groups is 1. The SMILES string of the molecule is CC(CCO)CNC(=O)CC1CCS(=O)(=O)C1. The van der Waals surface area contributed by atoms with E-state index >= 15 is 0 Å². The maximum absolute atomic E-state index is 11.6. The lowest BCUT2D eigenvalue weighted by atomic mass is 10.0. The largest absolute Gasteiger partial charge is 0.396 e. The monoisotopic (exact) mass is 263 g/mol. The fourth-order valence-electron chi connectivity index (χ4n) is 1.98. The van der Waals surface area contributed by atoms with Crippen LogP contribution in [0.5, 0.6) is 0 Å². The second-order valence-electron chi connectivity index (χ2n) is 4.89. The van der Waals surface area contributed by atoms with Crippen molar-refractivity contribution in [2.45, 2.75) is 26.2 Å². The first-order valence-corrected chi connectivity index (χ1v) is 7.83. The third kappa shape index (κ3) is 5.50. The first kappa shape index (κ1) is 14.4. The summed E-state index contributed by atoms with van der Waals surface area (Å²) in [6.07, 6.45) is 1.56. The summed E-state index contributed by atoms with van der Waals surface area (Å²) in [6, 6.07) is 0. The standard InChI is InChI=1S/C11H21NO4S/c1-9(2-4-13)7-12-11(14)6-10-3-5-17(15,16)8-10/h9-10,13H,2-8H2,1H3,(H,12,14). The Morgan fingerprint density at radius 3 is 2.76 bits per heavy atom. The van der Waals surface area contributed by atoms with Crippen LogP contribution in [-0.2, 0) is 14.6 Å². The molecule has 0 spiro atoms. The van der Waals surface area contributed by atoms with Gasteiger partial charge >= 0.3 is 0 Å². The van der Waals surface area contributed by atoms with E-state index < -0.39 is 9.84 Å². The van der Waals surface area contributed by atoms with Gasteiger partial charge in [-0.05, 0) is 24.7 Å². The van der Waals surface area contributed by atoms with Gasteiger partial charge in [0.1, 0.15) is 0 Å². The van der Waals surface area contributed by atoms with Crippen LogP contribution in [0.1, 0.15) is 26.2 Å². The van der Waals surface area contributed by atoms with Gasteiger partial charge in [-0.25, -0.2) is 8.42 Å². The lowest BCUT2D eigenvalue weighted by Crippen LogP contribution is -2.30. The molecule has 1 aliphatic rings. The zero-order valence-corrected chi connectivity index (χ0v) is 11.0. The Morgan fingerprint density at radius 2 is 2.24 bits per heavy atom. The number of rotatable bonds is 6. The highest BCUT2D eigenvalue weighted by Crippen LogP contribution is 2.21. The van der Waals surface area contributed by atoms with E-state index in [-0.39, 0.29) is 35.9 Å². The minimum atomic E-state index is -2.89. The molecule has 1 heterocycles. The number of carbonyl (C=O) groups is 1. The number of hydrogen-bond donors (Lipinski definition) is 2. The maximum atomic E-state index is 11.6. The van der Waals surface area contributed by atoms with E-state index in [2.05, 4.69) is 5.32 Å². The molecule has 0 aromatic rings. The molecule has 2 N–H and O–H groups in total. The second kappa shape index (κ2) is 6.35. The molecule has 2 unspecified atom stereocenters. The molecule has 0 aromatic carbocycles. The van der Waals surface area contributed by atoms with E-state index in [1.807, 2.05) is 6.92 Å². The minimum Gasteiger partial charge on any atom is -0.396 e.